The molecule has 102 valence electrons. The van der Waals surface area contributed by atoms with Crippen molar-refractivity contribution in [2.75, 3.05) is 0 Å². The maximum Gasteiger partial charge on any atom is 0.416 e. The number of hydrogen-bond donors (Lipinski definition) is 1. The lowest BCUT2D eigenvalue weighted by atomic mass is 9.98. The Morgan fingerprint density at radius 3 is 1.94 bits per heavy atom. The van der Waals surface area contributed by atoms with E-state index in [9.17, 15) is 31.4 Å². The van der Waals surface area contributed by atoms with Crippen LogP contribution >= 0.6 is 0 Å². The summed E-state index contributed by atoms with van der Waals surface area (Å²) in [7, 11) is 0. The highest BCUT2D eigenvalue weighted by atomic mass is 19.4. The van der Waals surface area contributed by atoms with E-state index in [0.29, 0.717) is 6.07 Å². The van der Waals surface area contributed by atoms with E-state index in [1.54, 1.807) is 6.92 Å². The van der Waals surface area contributed by atoms with Gasteiger partial charge in [0, 0.05) is 5.56 Å². The second kappa shape index (κ2) is 4.70. The van der Waals surface area contributed by atoms with Gasteiger partial charge in [0.05, 0.1) is 11.1 Å². The average Bonchev–Trinajstić information content (AvgIpc) is 2.17. The zero-order valence-corrected chi connectivity index (χ0v) is 9.28. The average molecular weight is 272 g/mol. The molecule has 0 aliphatic heterocycles. The van der Waals surface area contributed by atoms with Crippen LogP contribution in [0, 0.1) is 0 Å². The minimum atomic E-state index is -4.93. The zero-order valence-electron chi connectivity index (χ0n) is 9.28. The van der Waals surface area contributed by atoms with Gasteiger partial charge in [-0.25, -0.2) is 0 Å². The van der Waals surface area contributed by atoms with Gasteiger partial charge in [0.1, 0.15) is 5.75 Å². The molecule has 0 saturated heterocycles. The first-order chi connectivity index (χ1) is 8.07. The highest BCUT2D eigenvalue weighted by Gasteiger charge is 2.39. The molecule has 0 spiro atoms. The lowest BCUT2D eigenvalue weighted by Gasteiger charge is -2.17. The van der Waals surface area contributed by atoms with E-state index in [2.05, 4.69) is 0 Å². The lowest BCUT2D eigenvalue weighted by molar-refractivity contribution is -0.143. The van der Waals surface area contributed by atoms with E-state index in [1.807, 2.05) is 0 Å². The fourth-order valence-corrected chi connectivity index (χ4v) is 1.59. The molecule has 1 rings (SSSR count). The van der Waals surface area contributed by atoms with Crippen molar-refractivity contribution in [1.29, 1.82) is 0 Å². The second-order valence-electron chi connectivity index (χ2n) is 3.77. The number of benzene rings is 1. The predicted molar refractivity (Wildman–Crippen MR) is 52.1 cm³/mol. The van der Waals surface area contributed by atoms with Crippen molar-refractivity contribution in [3.05, 3.63) is 28.8 Å². The van der Waals surface area contributed by atoms with E-state index >= 15 is 0 Å². The first kappa shape index (κ1) is 14.7. The Balaban J connectivity index is 3.47. The lowest BCUT2D eigenvalue weighted by Crippen LogP contribution is -2.13. The van der Waals surface area contributed by atoms with Crippen LogP contribution in [0.25, 0.3) is 0 Å². The Morgan fingerprint density at radius 2 is 1.56 bits per heavy atom. The molecule has 18 heavy (non-hydrogen) atoms. The van der Waals surface area contributed by atoms with Gasteiger partial charge in [0.25, 0.3) is 0 Å². The van der Waals surface area contributed by atoms with Crippen molar-refractivity contribution in [2.45, 2.75) is 32.1 Å². The topological polar surface area (TPSA) is 20.2 Å². The summed E-state index contributed by atoms with van der Waals surface area (Å²) in [4.78, 5) is 0. The fourth-order valence-electron chi connectivity index (χ4n) is 1.59. The number of hydrogen-bond acceptors (Lipinski definition) is 1. The molecule has 0 fully saturated rings. The van der Waals surface area contributed by atoms with Crippen molar-refractivity contribution in [3.8, 4) is 5.75 Å². The molecule has 1 aromatic rings. The molecule has 1 nitrogen and oxygen atoms in total. The van der Waals surface area contributed by atoms with Crippen LogP contribution in [0.5, 0.6) is 5.75 Å². The number of phenolic OH excluding ortho intramolecular Hbond substituents is 1. The molecule has 0 aliphatic carbocycles. The molecule has 0 aliphatic rings. The van der Waals surface area contributed by atoms with E-state index < -0.39 is 34.8 Å². The molecule has 1 aromatic carbocycles. The third kappa shape index (κ3) is 3.08. The standard InChI is InChI=1S/C11H10F6O/c1-2-3-7-8(11(15,16)17)4-6(5-9(7)18)10(12,13)14/h4-5,18H,2-3H2,1H3. The van der Waals surface area contributed by atoms with Crippen LogP contribution < -0.4 is 0 Å². The molecule has 0 saturated carbocycles. The number of halogens is 6. The van der Waals surface area contributed by atoms with Crippen LogP contribution in [0.1, 0.15) is 30.0 Å². The zero-order chi connectivity index (χ0) is 14.1. The van der Waals surface area contributed by atoms with Crippen molar-refractivity contribution < 1.29 is 31.4 Å². The minimum Gasteiger partial charge on any atom is -0.508 e. The van der Waals surface area contributed by atoms with Gasteiger partial charge in [-0.3, -0.25) is 0 Å². The Morgan fingerprint density at radius 1 is 1.00 bits per heavy atom. The summed E-state index contributed by atoms with van der Waals surface area (Å²) in [5.41, 5.74) is -3.44. The molecule has 0 atom stereocenters. The maximum absolute atomic E-state index is 12.6. The van der Waals surface area contributed by atoms with E-state index in [0.717, 1.165) is 0 Å². The molecular weight excluding hydrogens is 262 g/mol. The third-order valence-electron chi connectivity index (χ3n) is 2.36. The van der Waals surface area contributed by atoms with E-state index in [-0.39, 0.29) is 18.9 Å². The summed E-state index contributed by atoms with van der Waals surface area (Å²) < 4.78 is 75.0. The predicted octanol–water partition coefficient (Wildman–Crippen LogP) is 4.38. The van der Waals surface area contributed by atoms with Crippen molar-refractivity contribution in [2.24, 2.45) is 0 Å². The molecule has 0 aromatic heterocycles. The van der Waals surface area contributed by atoms with Crippen molar-refractivity contribution in [1.82, 2.24) is 0 Å². The summed E-state index contributed by atoms with van der Waals surface area (Å²) in [6.45, 7) is 1.57. The monoisotopic (exact) mass is 272 g/mol. The number of alkyl halides is 6. The van der Waals surface area contributed by atoms with Crippen LogP contribution in [-0.2, 0) is 18.8 Å². The van der Waals surface area contributed by atoms with Crippen LogP contribution in [0.2, 0.25) is 0 Å². The molecule has 0 unspecified atom stereocenters. The Hall–Kier alpha value is -1.40. The van der Waals surface area contributed by atoms with Gasteiger partial charge < -0.3 is 5.11 Å². The summed E-state index contributed by atoms with van der Waals surface area (Å²) in [5, 5.41) is 9.33. The van der Waals surface area contributed by atoms with Gasteiger partial charge in [-0.15, -0.1) is 0 Å². The van der Waals surface area contributed by atoms with E-state index in [4.69, 9.17) is 0 Å². The van der Waals surface area contributed by atoms with Crippen LogP contribution in [0.4, 0.5) is 26.3 Å². The molecule has 0 radical (unpaired) electrons. The molecule has 0 heterocycles. The fraction of sp³-hybridized carbons (Fsp3) is 0.455. The molecule has 1 N–H and O–H groups in total. The largest absolute Gasteiger partial charge is 0.508 e. The highest BCUT2D eigenvalue weighted by molar-refractivity contribution is 5.45. The van der Waals surface area contributed by atoms with Crippen molar-refractivity contribution in [3.63, 3.8) is 0 Å². The van der Waals surface area contributed by atoms with Gasteiger partial charge >= 0.3 is 12.4 Å². The summed E-state index contributed by atoms with van der Waals surface area (Å²) in [6.07, 6.45) is -9.72. The van der Waals surface area contributed by atoms with Crippen LogP contribution in [-0.4, -0.2) is 5.11 Å². The number of rotatable bonds is 2. The minimum absolute atomic E-state index is 0.0325. The Kier molecular flexibility index (Phi) is 3.83. The Labute approximate surface area is 99.0 Å². The summed E-state index contributed by atoms with van der Waals surface area (Å²) >= 11 is 0. The van der Waals surface area contributed by atoms with Gasteiger partial charge in [0.15, 0.2) is 0 Å². The summed E-state index contributed by atoms with van der Waals surface area (Å²) in [5.74, 6) is -0.973. The summed E-state index contributed by atoms with van der Waals surface area (Å²) in [6, 6.07) is 0.352. The number of phenols is 1. The van der Waals surface area contributed by atoms with Crippen molar-refractivity contribution >= 4 is 0 Å². The molecule has 0 amide bonds. The maximum atomic E-state index is 12.6. The van der Waals surface area contributed by atoms with Gasteiger partial charge in [0.2, 0.25) is 0 Å². The molecule has 7 heteroatoms. The smallest absolute Gasteiger partial charge is 0.416 e. The first-order valence-corrected chi connectivity index (χ1v) is 5.07. The van der Waals surface area contributed by atoms with Crippen LogP contribution in [0.15, 0.2) is 12.1 Å². The van der Waals surface area contributed by atoms with Gasteiger partial charge in [-0.1, -0.05) is 13.3 Å². The SMILES string of the molecule is CCCc1c(O)cc(C(F)(F)F)cc1C(F)(F)F. The Bertz CT molecular complexity index is 432. The molecular formula is C11H10F6O. The van der Waals surface area contributed by atoms with E-state index in [1.165, 1.54) is 0 Å². The first-order valence-electron chi connectivity index (χ1n) is 5.07. The quantitative estimate of drug-likeness (QED) is 0.792. The van der Waals surface area contributed by atoms with Gasteiger partial charge in [-0.2, -0.15) is 26.3 Å². The third-order valence-corrected chi connectivity index (χ3v) is 2.36. The second-order valence-corrected chi connectivity index (χ2v) is 3.77. The highest BCUT2D eigenvalue weighted by Crippen LogP contribution is 2.41. The normalized spacial score (nSPS) is 12.8. The van der Waals surface area contributed by atoms with Crippen LogP contribution in [0.3, 0.4) is 0 Å². The number of aromatic hydroxyl groups is 1. The molecule has 0 bridgehead atoms. The van der Waals surface area contributed by atoms with Gasteiger partial charge in [-0.05, 0) is 18.6 Å².